The molecule has 0 aromatic heterocycles. The monoisotopic (exact) mass is 261 g/mol. The molecule has 0 heterocycles. The first kappa shape index (κ1) is 15.0. The lowest BCUT2D eigenvalue weighted by molar-refractivity contribution is -0.131. The van der Waals surface area contributed by atoms with Crippen molar-refractivity contribution in [3.8, 4) is 0 Å². The van der Waals surface area contributed by atoms with Gasteiger partial charge in [0.2, 0.25) is 0 Å². The van der Waals surface area contributed by atoms with Crippen LogP contribution in [0.4, 0.5) is 0 Å². The highest BCUT2D eigenvalue weighted by molar-refractivity contribution is 5.95. The summed E-state index contributed by atoms with van der Waals surface area (Å²) in [6.45, 7) is 5.95. The van der Waals surface area contributed by atoms with Crippen LogP contribution in [0.1, 0.15) is 43.1 Å². The Balaban J connectivity index is 2.76. The maximum atomic E-state index is 12.0. The number of amides is 1. The summed E-state index contributed by atoms with van der Waals surface area (Å²) in [6, 6.07) is 6.80. The highest BCUT2D eigenvalue weighted by atomic mass is 16.4. The van der Waals surface area contributed by atoms with E-state index in [1.54, 1.807) is 24.3 Å². The van der Waals surface area contributed by atoms with Crippen molar-refractivity contribution in [3.05, 3.63) is 41.5 Å². The SMILES string of the molecule is CCC(C)(C)NC(=O)c1ccc(C=CC(=O)O)cc1. The second kappa shape index (κ2) is 6.18. The van der Waals surface area contributed by atoms with Crippen LogP contribution < -0.4 is 5.32 Å². The first-order chi connectivity index (χ1) is 8.84. The fourth-order valence-corrected chi connectivity index (χ4v) is 1.38. The molecule has 1 amide bonds. The molecule has 0 fully saturated rings. The molecule has 1 aromatic carbocycles. The molecule has 0 atom stereocenters. The normalized spacial score (nSPS) is 11.5. The molecule has 0 unspecified atom stereocenters. The van der Waals surface area contributed by atoms with Gasteiger partial charge in [0, 0.05) is 17.2 Å². The number of hydrogen-bond acceptors (Lipinski definition) is 2. The molecular weight excluding hydrogens is 242 g/mol. The third kappa shape index (κ3) is 4.95. The molecule has 0 aliphatic rings. The Hall–Kier alpha value is -2.10. The number of benzene rings is 1. The Morgan fingerprint density at radius 3 is 2.32 bits per heavy atom. The van der Waals surface area contributed by atoms with Crippen LogP contribution in [0.5, 0.6) is 0 Å². The van der Waals surface area contributed by atoms with E-state index in [4.69, 9.17) is 5.11 Å². The number of carbonyl (C=O) groups is 2. The van der Waals surface area contributed by atoms with E-state index in [0.29, 0.717) is 5.56 Å². The van der Waals surface area contributed by atoms with E-state index in [1.807, 2.05) is 20.8 Å². The maximum absolute atomic E-state index is 12.0. The van der Waals surface area contributed by atoms with Crippen molar-refractivity contribution in [1.29, 1.82) is 0 Å². The van der Waals surface area contributed by atoms with Crippen LogP contribution in [-0.4, -0.2) is 22.5 Å². The van der Waals surface area contributed by atoms with Crippen LogP contribution in [0.2, 0.25) is 0 Å². The molecule has 1 aromatic rings. The maximum Gasteiger partial charge on any atom is 0.328 e. The zero-order valence-corrected chi connectivity index (χ0v) is 11.4. The van der Waals surface area contributed by atoms with Gasteiger partial charge in [-0.1, -0.05) is 19.1 Å². The molecule has 0 spiro atoms. The van der Waals surface area contributed by atoms with Gasteiger partial charge in [0.1, 0.15) is 0 Å². The number of carbonyl (C=O) groups excluding carboxylic acids is 1. The Morgan fingerprint density at radius 1 is 1.26 bits per heavy atom. The minimum atomic E-state index is -0.994. The van der Waals surface area contributed by atoms with Gasteiger partial charge in [-0.15, -0.1) is 0 Å². The van der Waals surface area contributed by atoms with Gasteiger partial charge in [-0.05, 0) is 44.0 Å². The summed E-state index contributed by atoms with van der Waals surface area (Å²) in [5, 5.41) is 11.5. The van der Waals surface area contributed by atoms with Crippen molar-refractivity contribution in [2.45, 2.75) is 32.7 Å². The Morgan fingerprint density at radius 2 is 1.84 bits per heavy atom. The van der Waals surface area contributed by atoms with Crippen molar-refractivity contribution < 1.29 is 14.7 Å². The number of hydrogen-bond donors (Lipinski definition) is 2. The molecule has 4 heteroatoms. The summed E-state index contributed by atoms with van der Waals surface area (Å²) in [5.74, 6) is -1.12. The molecule has 102 valence electrons. The minimum absolute atomic E-state index is 0.124. The van der Waals surface area contributed by atoms with Gasteiger partial charge in [-0.3, -0.25) is 4.79 Å². The molecule has 1 rings (SSSR count). The number of aliphatic carboxylic acids is 1. The van der Waals surface area contributed by atoms with Gasteiger partial charge in [0.05, 0.1) is 0 Å². The van der Waals surface area contributed by atoms with E-state index in [1.165, 1.54) is 6.08 Å². The Kier molecular flexibility index (Phi) is 4.87. The van der Waals surface area contributed by atoms with E-state index in [0.717, 1.165) is 18.1 Å². The Labute approximate surface area is 113 Å². The van der Waals surface area contributed by atoms with Crippen LogP contribution in [0.25, 0.3) is 6.08 Å². The average molecular weight is 261 g/mol. The van der Waals surface area contributed by atoms with E-state index < -0.39 is 5.97 Å². The molecule has 2 N–H and O–H groups in total. The quantitative estimate of drug-likeness (QED) is 0.801. The fourth-order valence-electron chi connectivity index (χ4n) is 1.38. The van der Waals surface area contributed by atoms with Crippen LogP contribution in [-0.2, 0) is 4.79 Å². The van der Waals surface area contributed by atoms with Gasteiger partial charge < -0.3 is 10.4 Å². The second-order valence-electron chi connectivity index (χ2n) is 4.99. The highest BCUT2D eigenvalue weighted by Crippen LogP contribution is 2.11. The lowest BCUT2D eigenvalue weighted by atomic mass is 10.0. The first-order valence-corrected chi connectivity index (χ1v) is 6.17. The van der Waals surface area contributed by atoms with Crippen LogP contribution in [0.3, 0.4) is 0 Å². The van der Waals surface area contributed by atoms with Crippen molar-refractivity contribution in [1.82, 2.24) is 5.32 Å². The van der Waals surface area contributed by atoms with Crippen LogP contribution in [0, 0.1) is 0 Å². The minimum Gasteiger partial charge on any atom is -0.478 e. The van der Waals surface area contributed by atoms with E-state index in [2.05, 4.69) is 5.32 Å². The van der Waals surface area contributed by atoms with Crippen molar-refractivity contribution in [2.24, 2.45) is 0 Å². The molecule has 19 heavy (non-hydrogen) atoms. The predicted molar refractivity (Wildman–Crippen MR) is 74.9 cm³/mol. The first-order valence-electron chi connectivity index (χ1n) is 6.17. The van der Waals surface area contributed by atoms with Gasteiger partial charge >= 0.3 is 5.97 Å². The summed E-state index contributed by atoms with van der Waals surface area (Å²) in [5.41, 5.74) is 1.07. The molecule has 0 bridgehead atoms. The van der Waals surface area contributed by atoms with E-state index in [-0.39, 0.29) is 11.4 Å². The van der Waals surface area contributed by atoms with Crippen LogP contribution in [0.15, 0.2) is 30.3 Å². The lowest BCUT2D eigenvalue weighted by Crippen LogP contribution is -2.42. The fraction of sp³-hybridized carbons (Fsp3) is 0.333. The number of carboxylic acids is 1. The average Bonchev–Trinajstić information content (AvgIpc) is 2.36. The lowest BCUT2D eigenvalue weighted by Gasteiger charge is -2.24. The molecule has 0 saturated carbocycles. The van der Waals surface area contributed by atoms with Crippen molar-refractivity contribution >= 4 is 18.0 Å². The largest absolute Gasteiger partial charge is 0.478 e. The third-order valence-electron chi connectivity index (χ3n) is 2.93. The highest BCUT2D eigenvalue weighted by Gasteiger charge is 2.18. The van der Waals surface area contributed by atoms with Crippen molar-refractivity contribution in [3.63, 3.8) is 0 Å². The molecule has 0 radical (unpaired) electrons. The standard InChI is InChI=1S/C15H19NO3/c1-4-15(2,3)16-14(19)12-8-5-11(6-9-12)7-10-13(17)18/h5-10H,4H2,1-3H3,(H,16,19)(H,17,18). The second-order valence-corrected chi connectivity index (χ2v) is 4.99. The predicted octanol–water partition coefficient (Wildman–Crippen LogP) is 2.70. The van der Waals surface area contributed by atoms with Crippen LogP contribution >= 0.6 is 0 Å². The molecule has 0 saturated heterocycles. The summed E-state index contributed by atoms with van der Waals surface area (Å²) in [7, 11) is 0. The summed E-state index contributed by atoms with van der Waals surface area (Å²) < 4.78 is 0. The molecule has 4 nitrogen and oxygen atoms in total. The number of carboxylic acid groups (broad SMARTS) is 1. The van der Waals surface area contributed by atoms with E-state index in [9.17, 15) is 9.59 Å². The van der Waals surface area contributed by atoms with Gasteiger partial charge in [-0.25, -0.2) is 4.79 Å². The van der Waals surface area contributed by atoms with Gasteiger partial charge in [0.15, 0.2) is 0 Å². The van der Waals surface area contributed by atoms with Gasteiger partial charge in [0.25, 0.3) is 5.91 Å². The third-order valence-corrected chi connectivity index (χ3v) is 2.93. The smallest absolute Gasteiger partial charge is 0.328 e. The molecule has 0 aliphatic carbocycles. The molecular formula is C15H19NO3. The zero-order valence-electron chi connectivity index (χ0n) is 11.4. The summed E-state index contributed by atoms with van der Waals surface area (Å²) >= 11 is 0. The van der Waals surface area contributed by atoms with E-state index >= 15 is 0 Å². The summed E-state index contributed by atoms with van der Waals surface area (Å²) in [6.07, 6.45) is 3.40. The molecule has 0 aliphatic heterocycles. The summed E-state index contributed by atoms with van der Waals surface area (Å²) in [4.78, 5) is 22.4. The zero-order chi connectivity index (χ0) is 14.5. The van der Waals surface area contributed by atoms with Gasteiger partial charge in [-0.2, -0.15) is 0 Å². The number of nitrogens with one attached hydrogen (secondary N) is 1. The number of rotatable bonds is 5. The Bertz CT molecular complexity index is 487. The topological polar surface area (TPSA) is 66.4 Å². The van der Waals surface area contributed by atoms with Crippen molar-refractivity contribution in [2.75, 3.05) is 0 Å².